The summed E-state index contributed by atoms with van der Waals surface area (Å²) in [5, 5.41) is 9.72. The molecule has 1 unspecified atom stereocenters. The van der Waals surface area contributed by atoms with Gasteiger partial charge in [-0.2, -0.15) is 18.3 Å². The average Bonchev–Trinajstić information content (AvgIpc) is 3.24. The van der Waals surface area contributed by atoms with Gasteiger partial charge in [0, 0.05) is 30.1 Å². The van der Waals surface area contributed by atoms with E-state index in [1.807, 2.05) is 6.07 Å². The largest absolute Gasteiger partial charge is 0.469 e. The van der Waals surface area contributed by atoms with Crippen LogP contribution in [0.2, 0.25) is 0 Å². The molecule has 0 spiro atoms. The Labute approximate surface area is 146 Å². The number of nitrogens with zero attached hydrogens (tertiary/aromatic N) is 1. The molecular formula is C18H14F3N3O2. The third kappa shape index (κ3) is 2.98. The maximum absolute atomic E-state index is 12.8. The van der Waals surface area contributed by atoms with Crippen LogP contribution in [0.3, 0.4) is 0 Å². The highest BCUT2D eigenvalue weighted by molar-refractivity contribution is 6.03. The zero-order valence-corrected chi connectivity index (χ0v) is 13.4. The van der Waals surface area contributed by atoms with Gasteiger partial charge in [-0.1, -0.05) is 6.07 Å². The lowest BCUT2D eigenvalue weighted by atomic mass is 9.85. The highest BCUT2D eigenvalue weighted by Crippen LogP contribution is 2.36. The third-order valence-electron chi connectivity index (χ3n) is 4.40. The Morgan fingerprint density at radius 2 is 2.04 bits per heavy atom. The van der Waals surface area contributed by atoms with E-state index in [4.69, 9.17) is 4.42 Å². The summed E-state index contributed by atoms with van der Waals surface area (Å²) in [4.78, 5) is 12.6. The molecule has 1 aromatic carbocycles. The molecule has 0 bridgehead atoms. The number of furan rings is 1. The van der Waals surface area contributed by atoms with Gasteiger partial charge in [-0.15, -0.1) is 0 Å². The van der Waals surface area contributed by atoms with Crippen molar-refractivity contribution in [2.24, 2.45) is 0 Å². The van der Waals surface area contributed by atoms with E-state index in [0.29, 0.717) is 17.7 Å². The molecule has 1 atom stereocenters. The second kappa shape index (κ2) is 6.05. The van der Waals surface area contributed by atoms with Gasteiger partial charge in [0.05, 0.1) is 17.4 Å². The van der Waals surface area contributed by atoms with Crippen molar-refractivity contribution in [1.29, 1.82) is 0 Å². The molecule has 5 nitrogen and oxygen atoms in total. The zero-order chi connectivity index (χ0) is 18.3. The molecule has 134 valence electrons. The van der Waals surface area contributed by atoms with Gasteiger partial charge >= 0.3 is 6.18 Å². The van der Waals surface area contributed by atoms with Crippen molar-refractivity contribution >= 4 is 17.3 Å². The number of alkyl halides is 3. The summed E-state index contributed by atoms with van der Waals surface area (Å²) in [6.07, 6.45) is -2.07. The van der Waals surface area contributed by atoms with Crippen LogP contribution in [-0.2, 0) is 12.6 Å². The Morgan fingerprint density at radius 1 is 1.19 bits per heavy atom. The van der Waals surface area contributed by atoms with Crippen LogP contribution in [0.4, 0.5) is 24.7 Å². The lowest BCUT2D eigenvalue weighted by Gasteiger charge is -2.19. The minimum atomic E-state index is -4.44. The smallest absolute Gasteiger partial charge is 0.416 e. The van der Waals surface area contributed by atoms with E-state index in [-0.39, 0.29) is 29.6 Å². The van der Waals surface area contributed by atoms with Gasteiger partial charge in [0.2, 0.25) is 0 Å². The van der Waals surface area contributed by atoms with E-state index in [9.17, 15) is 18.0 Å². The molecule has 3 aromatic rings. The molecule has 0 fully saturated rings. The number of ketones is 1. The Bertz CT molecular complexity index is 945. The van der Waals surface area contributed by atoms with Crippen LogP contribution in [-0.4, -0.2) is 16.0 Å². The number of H-pyrrole nitrogens is 1. The van der Waals surface area contributed by atoms with Gasteiger partial charge in [0.15, 0.2) is 11.6 Å². The molecule has 2 aromatic heterocycles. The zero-order valence-electron chi connectivity index (χ0n) is 13.4. The van der Waals surface area contributed by atoms with Crippen LogP contribution in [0, 0.1) is 0 Å². The van der Waals surface area contributed by atoms with Crippen LogP contribution < -0.4 is 5.32 Å². The van der Waals surface area contributed by atoms with E-state index < -0.39 is 11.7 Å². The van der Waals surface area contributed by atoms with Crippen molar-refractivity contribution in [3.63, 3.8) is 0 Å². The van der Waals surface area contributed by atoms with Gasteiger partial charge in [-0.25, -0.2) is 0 Å². The van der Waals surface area contributed by atoms with Gasteiger partial charge in [0.25, 0.3) is 0 Å². The Morgan fingerprint density at radius 3 is 2.77 bits per heavy atom. The normalized spacial score (nSPS) is 17.2. The van der Waals surface area contributed by atoms with Crippen molar-refractivity contribution in [2.45, 2.75) is 24.9 Å². The number of aromatic amines is 1. The Balaban J connectivity index is 1.60. The van der Waals surface area contributed by atoms with E-state index in [2.05, 4.69) is 15.5 Å². The van der Waals surface area contributed by atoms with Crippen molar-refractivity contribution in [3.05, 3.63) is 65.2 Å². The number of rotatable bonds is 3. The molecule has 8 heteroatoms. The third-order valence-corrected chi connectivity index (χ3v) is 4.40. The molecule has 0 saturated heterocycles. The second-order valence-corrected chi connectivity index (χ2v) is 6.17. The SMILES string of the molecule is O=C1CC(c2ccco2)Cc2[nH]nc(Nc3cccc(C(F)(F)F)c3)c21. The summed E-state index contributed by atoms with van der Waals surface area (Å²) in [5.41, 5.74) is 0.494. The number of halogens is 3. The van der Waals surface area contributed by atoms with Crippen molar-refractivity contribution in [1.82, 2.24) is 10.2 Å². The lowest BCUT2D eigenvalue weighted by molar-refractivity contribution is -0.137. The minimum absolute atomic E-state index is 0.0770. The fraction of sp³-hybridized carbons (Fsp3) is 0.222. The minimum Gasteiger partial charge on any atom is -0.469 e. The fourth-order valence-corrected chi connectivity index (χ4v) is 3.20. The number of aromatic nitrogens is 2. The van der Waals surface area contributed by atoms with Crippen LogP contribution in [0.25, 0.3) is 0 Å². The van der Waals surface area contributed by atoms with Crippen LogP contribution in [0.15, 0.2) is 47.1 Å². The first-order valence-electron chi connectivity index (χ1n) is 8.00. The fourth-order valence-electron chi connectivity index (χ4n) is 3.20. The number of carbonyl (C=O) groups is 1. The number of benzene rings is 1. The summed E-state index contributed by atoms with van der Waals surface area (Å²) in [6, 6.07) is 8.36. The first-order chi connectivity index (χ1) is 12.4. The van der Waals surface area contributed by atoms with Crippen LogP contribution in [0.1, 0.15) is 39.7 Å². The standard InChI is InChI=1S/C18H14F3N3O2/c19-18(20,21)11-3-1-4-12(9-11)22-17-16-13(23-24-17)7-10(8-14(16)25)15-5-2-6-26-15/h1-6,9-10H,7-8H2,(H2,22,23,24). The molecular weight excluding hydrogens is 347 g/mol. The number of carbonyl (C=O) groups excluding carboxylic acids is 1. The topological polar surface area (TPSA) is 70.9 Å². The van der Waals surface area contributed by atoms with E-state index in [1.165, 1.54) is 12.1 Å². The number of hydrogen-bond donors (Lipinski definition) is 2. The highest BCUT2D eigenvalue weighted by atomic mass is 19.4. The molecule has 0 radical (unpaired) electrons. The maximum atomic E-state index is 12.8. The number of anilines is 2. The highest BCUT2D eigenvalue weighted by Gasteiger charge is 2.33. The summed E-state index contributed by atoms with van der Waals surface area (Å²) in [6.45, 7) is 0. The van der Waals surface area contributed by atoms with Crippen LogP contribution >= 0.6 is 0 Å². The monoisotopic (exact) mass is 361 g/mol. The molecule has 1 aliphatic carbocycles. The first-order valence-corrected chi connectivity index (χ1v) is 8.00. The summed E-state index contributed by atoms with van der Waals surface area (Å²) >= 11 is 0. The molecule has 4 rings (SSSR count). The van der Waals surface area contributed by atoms with Gasteiger partial charge < -0.3 is 9.73 Å². The van der Waals surface area contributed by atoms with E-state index in [1.54, 1.807) is 12.3 Å². The number of fused-ring (bicyclic) bond motifs is 1. The van der Waals surface area contributed by atoms with E-state index >= 15 is 0 Å². The number of hydrogen-bond acceptors (Lipinski definition) is 4. The second-order valence-electron chi connectivity index (χ2n) is 6.17. The van der Waals surface area contributed by atoms with Gasteiger partial charge in [-0.05, 0) is 30.3 Å². The molecule has 2 N–H and O–H groups in total. The molecule has 0 aliphatic heterocycles. The van der Waals surface area contributed by atoms with Crippen LogP contribution in [0.5, 0.6) is 0 Å². The molecule has 0 amide bonds. The maximum Gasteiger partial charge on any atom is 0.416 e. The predicted molar refractivity (Wildman–Crippen MR) is 87.4 cm³/mol. The lowest BCUT2D eigenvalue weighted by Crippen LogP contribution is -2.18. The summed E-state index contributed by atoms with van der Waals surface area (Å²) in [7, 11) is 0. The average molecular weight is 361 g/mol. The first kappa shape index (κ1) is 16.4. The van der Waals surface area contributed by atoms with Crippen molar-refractivity contribution in [2.75, 3.05) is 5.32 Å². The number of nitrogens with one attached hydrogen (secondary N) is 2. The van der Waals surface area contributed by atoms with Crippen molar-refractivity contribution in [3.8, 4) is 0 Å². The Kier molecular flexibility index (Phi) is 3.82. The summed E-state index contributed by atoms with van der Waals surface area (Å²) in [5.74, 6) is 0.760. The van der Waals surface area contributed by atoms with E-state index in [0.717, 1.165) is 17.9 Å². The number of Topliss-reactive ketones (excluding diaryl/α,β-unsaturated/α-hetero) is 1. The van der Waals surface area contributed by atoms with Gasteiger partial charge in [0.1, 0.15) is 5.76 Å². The van der Waals surface area contributed by atoms with Gasteiger partial charge in [-0.3, -0.25) is 9.89 Å². The molecule has 0 saturated carbocycles. The molecule has 26 heavy (non-hydrogen) atoms. The summed E-state index contributed by atoms with van der Waals surface area (Å²) < 4.78 is 43.9. The van der Waals surface area contributed by atoms with Crippen molar-refractivity contribution < 1.29 is 22.4 Å². The predicted octanol–water partition coefficient (Wildman–Crippen LogP) is 4.68. The Hall–Kier alpha value is -3.03. The molecule has 1 aliphatic rings. The quantitative estimate of drug-likeness (QED) is 0.711. The molecule has 2 heterocycles.